The van der Waals surface area contributed by atoms with E-state index < -0.39 is 5.60 Å². The van der Waals surface area contributed by atoms with Gasteiger partial charge in [0.2, 0.25) is 5.88 Å². The van der Waals surface area contributed by atoms with Crippen molar-refractivity contribution in [1.82, 2.24) is 29.8 Å². The molecule has 2 N–H and O–H groups in total. The topological polar surface area (TPSA) is 110 Å². The summed E-state index contributed by atoms with van der Waals surface area (Å²) in [6.45, 7) is 9.14. The van der Waals surface area contributed by atoms with E-state index in [-0.39, 0.29) is 6.61 Å². The minimum Gasteiger partial charge on any atom is -0.473 e. The molecule has 0 saturated heterocycles. The normalized spacial score (nSPS) is 11.7. The molecule has 0 spiro atoms. The number of aliphatic hydroxyl groups is 1. The molecular weight excluding hydrogens is 394 g/mol. The van der Waals surface area contributed by atoms with Gasteiger partial charge < -0.3 is 15.2 Å². The summed E-state index contributed by atoms with van der Waals surface area (Å²) in [5, 5.41) is 26.1. The van der Waals surface area contributed by atoms with Crippen molar-refractivity contribution in [2.75, 3.05) is 11.9 Å². The Morgan fingerprint density at radius 1 is 1.00 bits per heavy atom. The van der Waals surface area contributed by atoms with Crippen molar-refractivity contribution >= 4 is 17.2 Å². The number of aromatic nitrogens is 6. The zero-order valence-electron chi connectivity index (χ0n) is 18.2. The van der Waals surface area contributed by atoms with Crippen molar-refractivity contribution in [2.24, 2.45) is 0 Å². The molecular formula is C22H25N7O2. The maximum absolute atomic E-state index is 9.99. The van der Waals surface area contributed by atoms with Crippen LogP contribution in [0, 0.1) is 20.8 Å². The number of hydrogen-bond donors (Lipinski definition) is 2. The van der Waals surface area contributed by atoms with Gasteiger partial charge in [-0.2, -0.15) is 10.2 Å². The van der Waals surface area contributed by atoms with E-state index in [2.05, 4.69) is 30.6 Å². The molecule has 0 fully saturated rings. The predicted molar refractivity (Wildman–Crippen MR) is 118 cm³/mol. The van der Waals surface area contributed by atoms with Gasteiger partial charge in [0.05, 0.1) is 16.8 Å². The molecule has 0 amide bonds. The van der Waals surface area contributed by atoms with E-state index in [1.807, 2.05) is 57.3 Å². The fourth-order valence-corrected chi connectivity index (χ4v) is 3.17. The van der Waals surface area contributed by atoms with Crippen LogP contribution in [0.4, 0.5) is 11.6 Å². The molecule has 0 aliphatic rings. The van der Waals surface area contributed by atoms with Crippen LogP contribution in [-0.4, -0.2) is 47.1 Å². The van der Waals surface area contributed by atoms with Crippen molar-refractivity contribution in [1.29, 1.82) is 0 Å². The highest BCUT2D eigenvalue weighted by Gasteiger charge is 2.17. The first-order chi connectivity index (χ1) is 14.7. The maximum atomic E-state index is 9.99. The number of anilines is 2. The number of aryl methyl sites for hydroxylation is 3. The van der Waals surface area contributed by atoms with E-state index in [9.17, 15) is 5.11 Å². The monoisotopic (exact) mass is 419 g/mol. The van der Waals surface area contributed by atoms with Gasteiger partial charge >= 0.3 is 0 Å². The average molecular weight is 419 g/mol. The van der Waals surface area contributed by atoms with Crippen molar-refractivity contribution < 1.29 is 9.84 Å². The molecule has 0 saturated carbocycles. The third-order valence-corrected chi connectivity index (χ3v) is 4.44. The lowest BCUT2D eigenvalue weighted by Gasteiger charge is -2.18. The molecule has 9 heteroatoms. The van der Waals surface area contributed by atoms with Crippen LogP contribution in [0.1, 0.15) is 31.1 Å². The minimum absolute atomic E-state index is 0.110. The zero-order chi connectivity index (χ0) is 22.2. The number of fused-ring (bicyclic) bond motifs is 1. The Morgan fingerprint density at radius 2 is 1.81 bits per heavy atom. The van der Waals surface area contributed by atoms with E-state index in [0.717, 1.165) is 28.0 Å². The molecule has 0 bridgehead atoms. The van der Waals surface area contributed by atoms with Crippen LogP contribution >= 0.6 is 0 Å². The highest BCUT2D eigenvalue weighted by atomic mass is 16.5. The van der Waals surface area contributed by atoms with Crippen LogP contribution in [0.3, 0.4) is 0 Å². The molecule has 0 atom stereocenters. The van der Waals surface area contributed by atoms with Crippen LogP contribution in [0.5, 0.6) is 5.88 Å². The molecule has 4 aromatic heterocycles. The summed E-state index contributed by atoms with van der Waals surface area (Å²) in [7, 11) is 0. The first-order valence-corrected chi connectivity index (χ1v) is 9.95. The summed E-state index contributed by atoms with van der Waals surface area (Å²) in [6.07, 6.45) is 1.88. The van der Waals surface area contributed by atoms with E-state index >= 15 is 0 Å². The average Bonchev–Trinajstić information content (AvgIpc) is 3.06. The van der Waals surface area contributed by atoms with E-state index in [1.165, 1.54) is 0 Å². The number of pyridine rings is 1. The molecule has 4 heterocycles. The summed E-state index contributed by atoms with van der Waals surface area (Å²) >= 11 is 0. The molecule has 160 valence electrons. The summed E-state index contributed by atoms with van der Waals surface area (Å²) in [5.41, 5.74) is 3.30. The van der Waals surface area contributed by atoms with Gasteiger partial charge in [-0.25, -0.2) is 14.5 Å². The largest absolute Gasteiger partial charge is 0.473 e. The summed E-state index contributed by atoms with van der Waals surface area (Å²) < 4.78 is 7.54. The number of ether oxygens (including phenoxy) is 1. The summed E-state index contributed by atoms with van der Waals surface area (Å²) in [6, 6.07) is 9.67. The molecule has 31 heavy (non-hydrogen) atoms. The van der Waals surface area contributed by atoms with Gasteiger partial charge in [-0.05, 0) is 58.4 Å². The van der Waals surface area contributed by atoms with E-state index in [0.29, 0.717) is 23.3 Å². The Hall–Kier alpha value is -3.59. The molecule has 0 aliphatic carbocycles. The van der Waals surface area contributed by atoms with Crippen molar-refractivity contribution in [3.8, 4) is 17.0 Å². The highest BCUT2D eigenvalue weighted by Crippen LogP contribution is 2.30. The number of nitrogens with one attached hydrogen (secondary N) is 1. The number of hydrogen-bond acceptors (Lipinski definition) is 8. The molecule has 4 aromatic rings. The van der Waals surface area contributed by atoms with Gasteiger partial charge in [-0.3, -0.25) is 0 Å². The third kappa shape index (κ3) is 4.95. The quantitative estimate of drug-likeness (QED) is 0.489. The van der Waals surface area contributed by atoms with Gasteiger partial charge in [0.1, 0.15) is 18.2 Å². The lowest BCUT2D eigenvalue weighted by atomic mass is 10.1. The maximum Gasteiger partial charge on any atom is 0.241 e. The lowest BCUT2D eigenvalue weighted by molar-refractivity contribution is 0.0267. The van der Waals surface area contributed by atoms with Gasteiger partial charge in [0.25, 0.3) is 0 Å². The Balaban J connectivity index is 1.66. The molecule has 0 radical (unpaired) electrons. The number of rotatable bonds is 6. The van der Waals surface area contributed by atoms with Crippen molar-refractivity contribution in [3.63, 3.8) is 0 Å². The van der Waals surface area contributed by atoms with Crippen molar-refractivity contribution in [3.05, 3.63) is 53.7 Å². The second kappa shape index (κ2) is 7.92. The van der Waals surface area contributed by atoms with Crippen LogP contribution < -0.4 is 10.1 Å². The van der Waals surface area contributed by atoms with Gasteiger partial charge in [0, 0.05) is 29.6 Å². The van der Waals surface area contributed by atoms with E-state index in [1.54, 1.807) is 18.4 Å². The summed E-state index contributed by atoms with van der Waals surface area (Å²) in [5.74, 6) is 2.46. The first-order valence-electron chi connectivity index (χ1n) is 9.95. The molecule has 0 unspecified atom stereocenters. The minimum atomic E-state index is -0.975. The third-order valence-electron chi connectivity index (χ3n) is 4.44. The van der Waals surface area contributed by atoms with Crippen molar-refractivity contribution in [2.45, 2.75) is 40.2 Å². The Morgan fingerprint density at radius 3 is 2.55 bits per heavy atom. The Labute approximate surface area is 180 Å². The standard InChI is InChI=1S/C22H25N7O2/c1-13-9-19(24-15(3)23-13)25-20-11-17-10-16(6-7-29(17)28-20)18-8-14(2)26-27-21(18)31-12-22(4,5)30/h6-11,30H,12H2,1-5H3,(H,23,24,25,28). The lowest BCUT2D eigenvalue weighted by Crippen LogP contribution is -2.28. The van der Waals surface area contributed by atoms with Crippen LogP contribution in [0.15, 0.2) is 36.5 Å². The fourth-order valence-electron chi connectivity index (χ4n) is 3.17. The van der Waals surface area contributed by atoms with E-state index in [4.69, 9.17) is 4.74 Å². The van der Waals surface area contributed by atoms with Crippen LogP contribution in [0.2, 0.25) is 0 Å². The number of nitrogens with zero attached hydrogens (tertiary/aromatic N) is 6. The Bertz CT molecular complexity index is 1220. The predicted octanol–water partition coefficient (Wildman–Crippen LogP) is 3.40. The molecule has 0 aliphatic heterocycles. The molecule has 4 rings (SSSR count). The van der Waals surface area contributed by atoms with Gasteiger partial charge in [-0.1, -0.05) is 0 Å². The second-order valence-electron chi connectivity index (χ2n) is 8.19. The summed E-state index contributed by atoms with van der Waals surface area (Å²) in [4.78, 5) is 8.70. The van der Waals surface area contributed by atoms with Crippen LogP contribution in [-0.2, 0) is 0 Å². The second-order valence-corrected chi connectivity index (χ2v) is 8.19. The zero-order valence-corrected chi connectivity index (χ0v) is 18.2. The highest BCUT2D eigenvalue weighted by molar-refractivity contribution is 5.74. The molecule has 9 nitrogen and oxygen atoms in total. The Kier molecular flexibility index (Phi) is 5.28. The first kappa shape index (κ1) is 20.7. The van der Waals surface area contributed by atoms with Gasteiger partial charge in [0.15, 0.2) is 5.82 Å². The van der Waals surface area contributed by atoms with Crippen LogP contribution in [0.25, 0.3) is 16.6 Å². The SMILES string of the molecule is Cc1cc(-c2ccn3nc(Nc4cc(C)nc(C)n4)cc3c2)c(OCC(C)(C)O)nn1. The molecule has 0 aromatic carbocycles. The smallest absolute Gasteiger partial charge is 0.241 e. The van der Waals surface area contributed by atoms with Gasteiger partial charge in [-0.15, -0.1) is 5.10 Å². The fraction of sp³-hybridized carbons (Fsp3) is 0.318.